The van der Waals surface area contributed by atoms with Crippen LogP contribution in [0.5, 0.6) is 0 Å². The first-order valence-corrected chi connectivity index (χ1v) is 10.9. The van der Waals surface area contributed by atoms with Crippen molar-refractivity contribution >= 4 is 22.7 Å². The van der Waals surface area contributed by atoms with Crippen molar-refractivity contribution in [2.45, 2.75) is 26.8 Å². The smallest absolute Gasteiger partial charge is 0.328 e. The van der Waals surface area contributed by atoms with E-state index in [-0.39, 0.29) is 23.9 Å². The molecule has 32 heavy (non-hydrogen) atoms. The van der Waals surface area contributed by atoms with Crippen LogP contribution in [0.3, 0.4) is 0 Å². The molecule has 1 aliphatic heterocycles. The van der Waals surface area contributed by atoms with Crippen LogP contribution in [-0.2, 0) is 13.0 Å². The number of nitrogens with zero attached hydrogens (tertiary/aromatic N) is 3. The summed E-state index contributed by atoms with van der Waals surface area (Å²) in [6, 6.07) is 12.4. The van der Waals surface area contributed by atoms with Gasteiger partial charge in [0.2, 0.25) is 0 Å². The number of carbonyl (C=O) groups is 2. The molecule has 8 nitrogen and oxygen atoms in total. The number of fused-ring (bicyclic) bond motifs is 1. The van der Waals surface area contributed by atoms with E-state index in [1.807, 2.05) is 24.3 Å². The third-order valence-corrected chi connectivity index (χ3v) is 6.01. The number of hydrogen-bond donors (Lipinski definition) is 1. The minimum Gasteiger partial charge on any atom is -0.335 e. The molecule has 4 rings (SSSR count). The second-order valence-corrected chi connectivity index (χ2v) is 7.87. The van der Waals surface area contributed by atoms with Crippen molar-refractivity contribution in [2.24, 2.45) is 0 Å². The summed E-state index contributed by atoms with van der Waals surface area (Å²) in [4.78, 5) is 56.4. The molecule has 1 N–H and O–H groups in total. The second kappa shape index (κ2) is 8.82. The summed E-state index contributed by atoms with van der Waals surface area (Å²) in [5, 5.41) is 0.368. The molecule has 0 spiro atoms. The first-order chi connectivity index (χ1) is 15.4. The number of piperazine rings is 1. The van der Waals surface area contributed by atoms with Gasteiger partial charge in [-0.25, -0.2) is 4.79 Å². The molecule has 166 valence electrons. The SMILES string of the molecule is CCc1ccc(C(=O)N2CCN(C(=O)c3ccc4c(=O)n(CC)c(=O)[nH]c4c3)CC2)cc1. The monoisotopic (exact) mass is 434 g/mol. The average molecular weight is 434 g/mol. The molecule has 2 aromatic carbocycles. The standard InChI is InChI=1S/C24H26N4O4/c1-3-16-5-7-17(8-6-16)21(29)26-11-13-27(14-12-26)22(30)18-9-10-19-20(15-18)25-24(32)28(4-2)23(19)31/h5-10,15H,3-4,11-14H2,1-2H3,(H,25,32). The van der Waals surface area contributed by atoms with Crippen molar-refractivity contribution in [1.82, 2.24) is 19.4 Å². The highest BCUT2D eigenvalue weighted by molar-refractivity contribution is 5.98. The van der Waals surface area contributed by atoms with Gasteiger partial charge >= 0.3 is 5.69 Å². The predicted molar refractivity (Wildman–Crippen MR) is 122 cm³/mol. The van der Waals surface area contributed by atoms with Crippen molar-refractivity contribution in [1.29, 1.82) is 0 Å². The lowest BCUT2D eigenvalue weighted by atomic mass is 10.1. The van der Waals surface area contributed by atoms with Crippen LogP contribution in [0.15, 0.2) is 52.1 Å². The Labute approximate surface area is 185 Å². The summed E-state index contributed by atoms with van der Waals surface area (Å²) in [6.45, 7) is 5.81. The number of amides is 2. The first-order valence-electron chi connectivity index (χ1n) is 10.9. The summed E-state index contributed by atoms with van der Waals surface area (Å²) >= 11 is 0. The molecular formula is C24H26N4O4. The topological polar surface area (TPSA) is 95.5 Å². The Bertz CT molecular complexity index is 1280. The number of aromatic amines is 1. The third-order valence-electron chi connectivity index (χ3n) is 6.01. The Balaban J connectivity index is 1.47. The molecule has 1 aliphatic rings. The van der Waals surface area contributed by atoms with Gasteiger partial charge in [0, 0.05) is 43.9 Å². The van der Waals surface area contributed by atoms with E-state index in [0.717, 1.165) is 11.0 Å². The van der Waals surface area contributed by atoms with Gasteiger partial charge in [-0.15, -0.1) is 0 Å². The van der Waals surface area contributed by atoms with Gasteiger partial charge in [0.15, 0.2) is 0 Å². The maximum absolute atomic E-state index is 13.0. The molecule has 8 heteroatoms. The van der Waals surface area contributed by atoms with Gasteiger partial charge in [0.05, 0.1) is 10.9 Å². The van der Waals surface area contributed by atoms with Gasteiger partial charge in [0.25, 0.3) is 17.4 Å². The van der Waals surface area contributed by atoms with Crippen molar-refractivity contribution in [3.63, 3.8) is 0 Å². The Morgan fingerprint density at radius 3 is 1.97 bits per heavy atom. The lowest BCUT2D eigenvalue weighted by molar-refractivity contribution is 0.0535. The molecule has 0 unspecified atom stereocenters. The Morgan fingerprint density at radius 1 is 0.844 bits per heavy atom. The van der Waals surface area contributed by atoms with E-state index in [2.05, 4.69) is 11.9 Å². The van der Waals surface area contributed by atoms with Gasteiger partial charge in [-0.2, -0.15) is 0 Å². The number of nitrogens with one attached hydrogen (secondary N) is 1. The van der Waals surface area contributed by atoms with Crippen LogP contribution in [-0.4, -0.2) is 57.3 Å². The molecule has 0 saturated carbocycles. The number of hydrogen-bond acceptors (Lipinski definition) is 4. The average Bonchev–Trinajstić information content (AvgIpc) is 2.83. The van der Waals surface area contributed by atoms with E-state index >= 15 is 0 Å². The van der Waals surface area contributed by atoms with Crippen LogP contribution >= 0.6 is 0 Å². The van der Waals surface area contributed by atoms with E-state index in [4.69, 9.17) is 0 Å². The molecule has 0 bridgehead atoms. The lowest BCUT2D eigenvalue weighted by Crippen LogP contribution is -2.50. The maximum atomic E-state index is 13.0. The number of rotatable bonds is 4. The number of carbonyl (C=O) groups excluding carboxylic acids is 2. The minimum absolute atomic E-state index is 0.0322. The number of aromatic nitrogens is 2. The zero-order chi connectivity index (χ0) is 22.8. The van der Waals surface area contributed by atoms with Crippen LogP contribution in [0, 0.1) is 0 Å². The zero-order valence-corrected chi connectivity index (χ0v) is 18.3. The molecule has 0 aliphatic carbocycles. The number of H-pyrrole nitrogens is 1. The number of benzene rings is 2. The normalized spacial score (nSPS) is 14.1. The molecular weight excluding hydrogens is 408 g/mol. The summed E-state index contributed by atoms with van der Waals surface area (Å²) in [5.74, 6) is -0.220. The van der Waals surface area contributed by atoms with Gasteiger partial charge in [-0.3, -0.25) is 19.0 Å². The zero-order valence-electron chi connectivity index (χ0n) is 18.3. The van der Waals surface area contributed by atoms with E-state index in [0.29, 0.717) is 48.2 Å². The van der Waals surface area contributed by atoms with Crippen LogP contribution in [0.1, 0.15) is 40.1 Å². The molecule has 3 aromatic rings. The Morgan fingerprint density at radius 2 is 1.41 bits per heavy atom. The van der Waals surface area contributed by atoms with Crippen LogP contribution in [0.25, 0.3) is 10.9 Å². The van der Waals surface area contributed by atoms with Crippen molar-refractivity contribution in [3.05, 3.63) is 80.0 Å². The van der Waals surface area contributed by atoms with Gasteiger partial charge < -0.3 is 14.8 Å². The molecule has 0 atom stereocenters. The van der Waals surface area contributed by atoms with E-state index in [9.17, 15) is 19.2 Å². The fourth-order valence-electron chi connectivity index (χ4n) is 4.04. The van der Waals surface area contributed by atoms with E-state index in [1.54, 1.807) is 34.9 Å². The Kier molecular flexibility index (Phi) is 5.94. The van der Waals surface area contributed by atoms with E-state index in [1.165, 1.54) is 5.56 Å². The predicted octanol–water partition coefficient (Wildman–Crippen LogP) is 1.87. The summed E-state index contributed by atoms with van der Waals surface area (Å²) in [5.41, 5.74) is 1.72. The van der Waals surface area contributed by atoms with Crippen molar-refractivity contribution in [3.8, 4) is 0 Å². The van der Waals surface area contributed by atoms with Gasteiger partial charge in [0.1, 0.15) is 0 Å². The number of aryl methyl sites for hydroxylation is 1. The molecule has 0 radical (unpaired) electrons. The quantitative estimate of drug-likeness (QED) is 0.678. The maximum Gasteiger partial charge on any atom is 0.328 e. The molecule has 1 aromatic heterocycles. The van der Waals surface area contributed by atoms with Crippen molar-refractivity contribution in [2.75, 3.05) is 26.2 Å². The summed E-state index contributed by atoms with van der Waals surface area (Å²) in [7, 11) is 0. The summed E-state index contributed by atoms with van der Waals surface area (Å²) in [6.07, 6.45) is 0.923. The second-order valence-electron chi connectivity index (χ2n) is 7.87. The van der Waals surface area contributed by atoms with Gasteiger partial charge in [-0.1, -0.05) is 19.1 Å². The van der Waals surface area contributed by atoms with E-state index < -0.39 is 5.69 Å². The molecule has 1 fully saturated rings. The third kappa shape index (κ3) is 3.95. The van der Waals surface area contributed by atoms with Gasteiger partial charge in [-0.05, 0) is 49.2 Å². The van der Waals surface area contributed by atoms with Crippen molar-refractivity contribution < 1.29 is 9.59 Å². The highest BCUT2D eigenvalue weighted by Gasteiger charge is 2.26. The lowest BCUT2D eigenvalue weighted by Gasteiger charge is -2.35. The van der Waals surface area contributed by atoms with Crippen LogP contribution < -0.4 is 11.2 Å². The molecule has 1 saturated heterocycles. The van der Waals surface area contributed by atoms with Crippen LogP contribution in [0.4, 0.5) is 0 Å². The highest BCUT2D eigenvalue weighted by Crippen LogP contribution is 2.15. The van der Waals surface area contributed by atoms with Crippen LogP contribution in [0.2, 0.25) is 0 Å². The fourth-order valence-corrected chi connectivity index (χ4v) is 4.04. The largest absolute Gasteiger partial charge is 0.335 e. The fraction of sp³-hybridized carbons (Fsp3) is 0.333. The highest BCUT2D eigenvalue weighted by atomic mass is 16.2. The Hall–Kier alpha value is -3.68. The minimum atomic E-state index is -0.492. The summed E-state index contributed by atoms with van der Waals surface area (Å²) < 4.78 is 1.12. The first kappa shape index (κ1) is 21.5. The molecule has 2 amide bonds. The molecule has 2 heterocycles.